The molecule has 0 aliphatic carbocycles. The van der Waals surface area contributed by atoms with Crippen LogP contribution in [0.3, 0.4) is 0 Å². The van der Waals surface area contributed by atoms with Crippen LogP contribution in [0.5, 0.6) is 0 Å². The van der Waals surface area contributed by atoms with E-state index in [1.807, 2.05) is 25.2 Å². The Morgan fingerprint density at radius 3 is 2.11 bits per heavy atom. The highest BCUT2D eigenvalue weighted by Crippen LogP contribution is 2.29. The Kier molecular flexibility index (Phi) is 4.87. The van der Waals surface area contributed by atoms with Crippen LogP contribution in [-0.2, 0) is 6.42 Å². The van der Waals surface area contributed by atoms with Crippen LogP contribution in [0.25, 0.3) is 0 Å². The number of aryl methyl sites for hydroxylation is 1. The second-order valence-electron chi connectivity index (χ2n) is 4.66. The third-order valence-electron chi connectivity index (χ3n) is 3.30. The highest BCUT2D eigenvalue weighted by atomic mass is 35.5. The molecule has 0 fully saturated rings. The van der Waals surface area contributed by atoms with Crippen molar-refractivity contribution in [2.24, 2.45) is 0 Å². The van der Waals surface area contributed by atoms with Gasteiger partial charge in [0.1, 0.15) is 0 Å². The van der Waals surface area contributed by atoms with Crippen LogP contribution in [0, 0.1) is 6.92 Å². The van der Waals surface area contributed by atoms with Gasteiger partial charge < -0.3 is 5.32 Å². The Morgan fingerprint density at radius 1 is 1.00 bits per heavy atom. The van der Waals surface area contributed by atoms with E-state index in [4.69, 9.17) is 23.2 Å². The summed E-state index contributed by atoms with van der Waals surface area (Å²) in [5.41, 5.74) is 3.49. The maximum absolute atomic E-state index is 6.23. The Balaban J connectivity index is 2.26. The molecule has 1 atom stereocenters. The van der Waals surface area contributed by atoms with Crippen LogP contribution in [0.4, 0.5) is 0 Å². The van der Waals surface area contributed by atoms with Gasteiger partial charge >= 0.3 is 0 Å². The van der Waals surface area contributed by atoms with E-state index in [1.165, 1.54) is 11.1 Å². The first-order valence-corrected chi connectivity index (χ1v) is 7.04. The van der Waals surface area contributed by atoms with Gasteiger partial charge in [-0.1, -0.05) is 59.1 Å². The number of hydrogen-bond acceptors (Lipinski definition) is 1. The molecule has 2 aromatic carbocycles. The molecule has 19 heavy (non-hydrogen) atoms. The molecule has 0 aromatic heterocycles. The van der Waals surface area contributed by atoms with Crippen molar-refractivity contribution in [3.8, 4) is 0 Å². The zero-order chi connectivity index (χ0) is 13.8. The van der Waals surface area contributed by atoms with E-state index in [2.05, 4.69) is 36.5 Å². The third-order valence-corrected chi connectivity index (χ3v) is 4.01. The number of hydrogen-bond donors (Lipinski definition) is 1. The summed E-state index contributed by atoms with van der Waals surface area (Å²) in [6.07, 6.45) is 0.776. The minimum absolute atomic E-state index is 0.206. The molecular formula is C16H17Cl2N. The van der Waals surface area contributed by atoms with Gasteiger partial charge in [-0.2, -0.15) is 0 Å². The Bertz CT molecular complexity index is 529. The molecule has 0 saturated carbocycles. The predicted octanol–water partition coefficient (Wildman–Crippen LogP) is 4.81. The Hall–Kier alpha value is -1.02. The van der Waals surface area contributed by atoms with Crippen LogP contribution >= 0.6 is 23.2 Å². The van der Waals surface area contributed by atoms with Gasteiger partial charge in [-0.25, -0.2) is 0 Å². The van der Waals surface area contributed by atoms with Crippen molar-refractivity contribution in [3.05, 3.63) is 69.2 Å². The summed E-state index contributed by atoms with van der Waals surface area (Å²) >= 11 is 12.5. The fourth-order valence-electron chi connectivity index (χ4n) is 2.12. The van der Waals surface area contributed by atoms with Gasteiger partial charge in [-0.3, -0.25) is 0 Å². The van der Waals surface area contributed by atoms with Gasteiger partial charge in [0.2, 0.25) is 0 Å². The average molecular weight is 294 g/mol. The Morgan fingerprint density at radius 2 is 1.58 bits per heavy atom. The van der Waals surface area contributed by atoms with Crippen molar-refractivity contribution >= 4 is 23.2 Å². The fraction of sp³-hybridized carbons (Fsp3) is 0.250. The summed E-state index contributed by atoms with van der Waals surface area (Å²) in [4.78, 5) is 0. The van der Waals surface area contributed by atoms with E-state index in [1.54, 1.807) is 0 Å². The number of benzene rings is 2. The molecule has 1 N–H and O–H groups in total. The summed E-state index contributed by atoms with van der Waals surface area (Å²) in [5, 5.41) is 4.77. The van der Waals surface area contributed by atoms with E-state index in [-0.39, 0.29) is 6.04 Å². The fourth-order valence-corrected chi connectivity index (χ4v) is 2.67. The first-order valence-electron chi connectivity index (χ1n) is 6.28. The Labute approximate surface area is 124 Å². The minimum Gasteiger partial charge on any atom is -0.313 e. The molecule has 100 valence electrons. The molecule has 2 rings (SSSR count). The van der Waals surface area contributed by atoms with Crippen LogP contribution in [0.2, 0.25) is 10.0 Å². The lowest BCUT2D eigenvalue weighted by molar-refractivity contribution is 0.592. The molecule has 0 heterocycles. The van der Waals surface area contributed by atoms with Gasteiger partial charge in [-0.05, 0) is 43.7 Å². The standard InChI is InChI=1S/C16H17Cl2N/c1-11-6-8-12(9-7-11)16(19-2)10-13-14(17)4-3-5-15(13)18/h3-9,16,19H,10H2,1-2H3. The summed E-state index contributed by atoms with van der Waals surface area (Å²) < 4.78 is 0. The number of halogens is 2. The lowest BCUT2D eigenvalue weighted by Crippen LogP contribution is -2.19. The maximum Gasteiger partial charge on any atom is 0.0453 e. The lowest BCUT2D eigenvalue weighted by atomic mass is 9.98. The number of rotatable bonds is 4. The molecule has 0 bridgehead atoms. The SMILES string of the molecule is CNC(Cc1c(Cl)cccc1Cl)c1ccc(C)cc1. The van der Waals surface area contributed by atoms with Crippen molar-refractivity contribution in [1.82, 2.24) is 5.32 Å². The molecule has 1 nitrogen and oxygen atoms in total. The van der Waals surface area contributed by atoms with Gasteiger partial charge in [-0.15, -0.1) is 0 Å². The zero-order valence-corrected chi connectivity index (χ0v) is 12.6. The monoisotopic (exact) mass is 293 g/mol. The van der Waals surface area contributed by atoms with E-state index < -0.39 is 0 Å². The van der Waals surface area contributed by atoms with Crippen molar-refractivity contribution in [1.29, 1.82) is 0 Å². The van der Waals surface area contributed by atoms with E-state index >= 15 is 0 Å². The lowest BCUT2D eigenvalue weighted by Gasteiger charge is -2.18. The average Bonchev–Trinajstić information content (AvgIpc) is 2.40. The maximum atomic E-state index is 6.23. The molecule has 2 aromatic rings. The molecule has 1 unspecified atom stereocenters. The normalized spacial score (nSPS) is 12.4. The molecular weight excluding hydrogens is 277 g/mol. The molecule has 0 saturated heterocycles. The minimum atomic E-state index is 0.206. The highest BCUT2D eigenvalue weighted by Gasteiger charge is 2.14. The van der Waals surface area contributed by atoms with Crippen LogP contribution in [-0.4, -0.2) is 7.05 Å². The molecule has 0 radical (unpaired) electrons. The molecule has 0 aliphatic rings. The summed E-state index contributed by atoms with van der Waals surface area (Å²) in [7, 11) is 1.95. The topological polar surface area (TPSA) is 12.0 Å². The predicted molar refractivity (Wildman–Crippen MR) is 83.1 cm³/mol. The molecule has 0 spiro atoms. The first-order chi connectivity index (χ1) is 9.11. The van der Waals surface area contributed by atoms with Crippen molar-refractivity contribution < 1.29 is 0 Å². The van der Waals surface area contributed by atoms with Gasteiger partial charge in [0.15, 0.2) is 0 Å². The molecule has 0 amide bonds. The first kappa shape index (κ1) is 14.4. The van der Waals surface area contributed by atoms with Crippen LogP contribution in [0.15, 0.2) is 42.5 Å². The molecule has 0 aliphatic heterocycles. The van der Waals surface area contributed by atoms with Gasteiger partial charge in [0.25, 0.3) is 0 Å². The smallest absolute Gasteiger partial charge is 0.0453 e. The summed E-state index contributed by atoms with van der Waals surface area (Å²) in [6, 6.07) is 14.4. The van der Waals surface area contributed by atoms with E-state index in [0.29, 0.717) is 0 Å². The van der Waals surface area contributed by atoms with Crippen molar-refractivity contribution in [2.45, 2.75) is 19.4 Å². The molecule has 3 heteroatoms. The van der Waals surface area contributed by atoms with Crippen molar-refractivity contribution in [2.75, 3.05) is 7.05 Å². The number of likely N-dealkylation sites (N-methyl/N-ethyl adjacent to an activating group) is 1. The second kappa shape index (κ2) is 6.42. The highest BCUT2D eigenvalue weighted by molar-refractivity contribution is 6.36. The van der Waals surface area contributed by atoms with Gasteiger partial charge in [0.05, 0.1) is 0 Å². The van der Waals surface area contributed by atoms with E-state index in [9.17, 15) is 0 Å². The zero-order valence-electron chi connectivity index (χ0n) is 11.1. The second-order valence-corrected chi connectivity index (χ2v) is 5.47. The largest absolute Gasteiger partial charge is 0.313 e. The summed E-state index contributed by atoms with van der Waals surface area (Å²) in [6.45, 7) is 2.09. The summed E-state index contributed by atoms with van der Waals surface area (Å²) in [5.74, 6) is 0. The quantitative estimate of drug-likeness (QED) is 0.853. The number of nitrogens with one attached hydrogen (secondary N) is 1. The van der Waals surface area contributed by atoms with Gasteiger partial charge in [0, 0.05) is 16.1 Å². The van der Waals surface area contributed by atoms with E-state index in [0.717, 1.165) is 22.0 Å². The third kappa shape index (κ3) is 3.50. The van der Waals surface area contributed by atoms with Crippen molar-refractivity contribution in [3.63, 3.8) is 0 Å². The van der Waals surface area contributed by atoms with Crippen LogP contribution in [0.1, 0.15) is 22.7 Å². The van der Waals surface area contributed by atoms with Crippen LogP contribution < -0.4 is 5.32 Å².